The van der Waals surface area contributed by atoms with E-state index in [1.54, 1.807) is 6.92 Å². The molecular weight excluding hydrogens is 336 g/mol. The van der Waals surface area contributed by atoms with Crippen molar-refractivity contribution in [3.63, 3.8) is 0 Å². The maximum absolute atomic E-state index is 11.7. The summed E-state index contributed by atoms with van der Waals surface area (Å²) in [5.74, 6) is 0.939. The van der Waals surface area contributed by atoms with E-state index in [1.807, 2.05) is 25.1 Å². The third-order valence-corrected chi connectivity index (χ3v) is 4.33. The number of ether oxygens (including phenoxy) is 1. The molecule has 134 valence electrons. The molecule has 1 heterocycles. The molecule has 0 amide bonds. The molecule has 1 N–H and O–H groups in total. The monoisotopic (exact) mass is 360 g/mol. The van der Waals surface area contributed by atoms with Crippen LogP contribution < -0.4 is 15.0 Å². The van der Waals surface area contributed by atoms with E-state index in [0.717, 1.165) is 43.1 Å². The molecule has 0 spiro atoms. The predicted molar refractivity (Wildman–Crippen MR) is 104 cm³/mol. The highest BCUT2D eigenvalue weighted by Crippen LogP contribution is 2.28. The molecule has 2 aromatic carbocycles. The van der Waals surface area contributed by atoms with Gasteiger partial charge in [0, 0.05) is 43.0 Å². The second-order valence-corrected chi connectivity index (χ2v) is 6.04. The summed E-state index contributed by atoms with van der Waals surface area (Å²) in [5, 5.41) is 3.46. The number of Topliss-reactive ketones (excluding diaryl/α,β-unsaturated/α-hetero) is 1. The Morgan fingerprint density at radius 3 is 2.80 bits per heavy atom. The lowest BCUT2D eigenvalue weighted by Crippen LogP contribution is -2.28. The van der Waals surface area contributed by atoms with Crippen molar-refractivity contribution in [3.8, 4) is 5.75 Å². The molecule has 5 heteroatoms. The first kappa shape index (κ1) is 19.3. The number of nitrogens with zero attached hydrogens (tertiary/aromatic N) is 1. The smallest absolute Gasteiger partial charge is 0.159 e. The average molecular weight is 361 g/mol. The molecule has 0 aliphatic carbocycles. The van der Waals surface area contributed by atoms with Gasteiger partial charge in [-0.3, -0.25) is 4.79 Å². The minimum Gasteiger partial charge on any atom is -0.494 e. The molecule has 2 aromatic rings. The fourth-order valence-corrected chi connectivity index (χ4v) is 3.11. The number of hydrogen-bond donors (Lipinski definition) is 1. The lowest BCUT2D eigenvalue weighted by atomic mass is 10.1. The second-order valence-electron chi connectivity index (χ2n) is 6.04. The number of para-hydroxylation sites is 1. The normalized spacial score (nSPS) is 13.4. The molecule has 0 unspecified atom stereocenters. The molecule has 0 saturated carbocycles. The van der Waals surface area contributed by atoms with Crippen LogP contribution in [0.4, 0.5) is 5.69 Å². The molecule has 0 atom stereocenters. The standard InChI is InChI=1S/C20H24N2O2.ClH/c1-3-24-20-9-8-16(15(2)23)12-18(20)14-22-11-10-21-13-17-6-4-5-7-19(17)22;/h4-9,12,21H,3,10-11,13-14H2,1-2H3;1H. The van der Waals surface area contributed by atoms with E-state index in [4.69, 9.17) is 4.74 Å². The minimum atomic E-state index is 0. The second kappa shape index (κ2) is 8.88. The first-order valence-corrected chi connectivity index (χ1v) is 8.49. The van der Waals surface area contributed by atoms with Gasteiger partial charge in [-0.25, -0.2) is 0 Å². The van der Waals surface area contributed by atoms with Crippen LogP contribution in [0.3, 0.4) is 0 Å². The number of halogens is 1. The zero-order valence-electron chi connectivity index (χ0n) is 14.7. The van der Waals surface area contributed by atoms with Crippen LogP contribution in [-0.2, 0) is 13.1 Å². The van der Waals surface area contributed by atoms with Gasteiger partial charge in [-0.1, -0.05) is 18.2 Å². The molecule has 3 rings (SSSR count). The Hall–Kier alpha value is -2.04. The van der Waals surface area contributed by atoms with Crippen molar-refractivity contribution in [3.05, 3.63) is 59.2 Å². The molecule has 0 fully saturated rings. The van der Waals surface area contributed by atoms with E-state index in [2.05, 4.69) is 34.5 Å². The van der Waals surface area contributed by atoms with Crippen LogP contribution in [0.2, 0.25) is 0 Å². The Bertz CT molecular complexity index is 733. The summed E-state index contributed by atoms with van der Waals surface area (Å²) in [7, 11) is 0. The summed E-state index contributed by atoms with van der Waals surface area (Å²) in [4.78, 5) is 14.1. The fraction of sp³-hybridized carbons (Fsp3) is 0.350. The number of carbonyl (C=O) groups is 1. The average Bonchev–Trinajstić information content (AvgIpc) is 2.79. The molecule has 1 aliphatic heterocycles. The van der Waals surface area contributed by atoms with Gasteiger partial charge in [0.1, 0.15) is 5.75 Å². The summed E-state index contributed by atoms with van der Waals surface area (Å²) in [6.45, 7) is 7.68. The number of benzene rings is 2. The lowest BCUT2D eigenvalue weighted by molar-refractivity contribution is 0.101. The lowest BCUT2D eigenvalue weighted by Gasteiger charge is -2.26. The number of nitrogens with one attached hydrogen (secondary N) is 1. The Labute approximate surface area is 155 Å². The van der Waals surface area contributed by atoms with E-state index >= 15 is 0 Å². The number of hydrogen-bond acceptors (Lipinski definition) is 4. The first-order valence-electron chi connectivity index (χ1n) is 8.49. The van der Waals surface area contributed by atoms with Gasteiger partial charge in [0.2, 0.25) is 0 Å². The topological polar surface area (TPSA) is 41.6 Å². The summed E-state index contributed by atoms with van der Waals surface area (Å²) in [6, 6.07) is 14.2. The van der Waals surface area contributed by atoms with Crippen molar-refractivity contribution >= 4 is 23.9 Å². The zero-order valence-corrected chi connectivity index (χ0v) is 15.6. The summed E-state index contributed by atoms with van der Waals surface area (Å²) in [5.41, 5.74) is 4.34. The van der Waals surface area contributed by atoms with Gasteiger partial charge in [0.05, 0.1) is 6.61 Å². The maximum Gasteiger partial charge on any atom is 0.159 e. The SMILES string of the molecule is CCOc1ccc(C(C)=O)cc1CN1CCNCc2ccccc21.Cl. The zero-order chi connectivity index (χ0) is 16.9. The predicted octanol–water partition coefficient (Wildman–Crippen LogP) is 3.82. The molecule has 1 aliphatic rings. The van der Waals surface area contributed by atoms with E-state index in [-0.39, 0.29) is 18.2 Å². The Kier molecular flexibility index (Phi) is 6.85. The van der Waals surface area contributed by atoms with Crippen LogP contribution in [-0.4, -0.2) is 25.5 Å². The first-order chi connectivity index (χ1) is 11.7. The Balaban J connectivity index is 0.00000225. The van der Waals surface area contributed by atoms with E-state index in [1.165, 1.54) is 11.3 Å². The fourth-order valence-electron chi connectivity index (χ4n) is 3.11. The van der Waals surface area contributed by atoms with Crippen molar-refractivity contribution in [2.45, 2.75) is 26.9 Å². The maximum atomic E-state index is 11.7. The highest BCUT2D eigenvalue weighted by atomic mass is 35.5. The molecule has 0 radical (unpaired) electrons. The van der Waals surface area contributed by atoms with Gasteiger partial charge in [0.25, 0.3) is 0 Å². The molecule has 4 nitrogen and oxygen atoms in total. The van der Waals surface area contributed by atoms with Gasteiger partial charge in [-0.15, -0.1) is 12.4 Å². The molecule has 0 saturated heterocycles. The summed E-state index contributed by atoms with van der Waals surface area (Å²) in [6.07, 6.45) is 0. The summed E-state index contributed by atoms with van der Waals surface area (Å²) >= 11 is 0. The molecule has 25 heavy (non-hydrogen) atoms. The summed E-state index contributed by atoms with van der Waals surface area (Å²) < 4.78 is 5.78. The Morgan fingerprint density at radius 2 is 2.04 bits per heavy atom. The van der Waals surface area contributed by atoms with Crippen molar-refractivity contribution in [1.29, 1.82) is 0 Å². The molecule has 0 aromatic heterocycles. The van der Waals surface area contributed by atoms with Crippen molar-refractivity contribution < 1.29 is 9.53 Å². The van der Waals surface area contributed by atoms with Crippen molar-refractivity contribution in [2.24, 2.45) is 0 Å². The highest BCUT2D eigenvalue weighted by molar-refractivity contribution is 5.94. The number of fused-ring (bicyclic) bond motifs is 1. The van der Waals surface area contributed by atoms with Crippen molar-refractivity contribution in [1.82, 2.24) is 5.32 Å². The van der Waals surface area contributed by atoms with Crippen molar-refractivity contribution in [2.75, 3.05) is 24.6 Å². The minimum absolute atomic E-state index is 0. The van der Waals surface area contributed by atoms with Crippen LogP contribution in [0, 0.1) is 0 Å². The number of carbonyl (C=O) groups excluding carboxylic acids is 1. The van der Waals surface area contributed by atoms with Crippen LogP contribution in [0.15, 0.2) is 42.5 Å². The van der Waals surface area contributed by atoms with Gasteiger partial charge in [-0.05, 0) is 43.7 Å². The van der Waals surface area contributed by atoms with Crippen LogP contribution in [0.1, 0.15) is 35.3 Å². The Morgan fingerprint density at radius 1 is 1.24 bits per heavy atom. The van der Waals surface area contributed by atoms with Gasteiger partial charge in [0.15, 0.2) is 5.78 Å². The van der Waals surface area contributed by atoms with Gasteiger partial charge >= 0.3 is 0 Å². The van der Waals surface area contributed by atoms with Crippen LogP contribution in [0.5, 0.6) is 5.75 Å². The largest absolute Gasteiger partial charge is 0.494 e. The van der Waals surface area contributed by atoms with E-state index in [0.29, 0.717) is 6.61 Å². The quantitative estimate of drug-likeness (QED) is 0.823. The third kappa shape index (κ3) is 4.53. The number of rotatable bonds is 5. The highest BCUT2D eigenvalue weighted by Gasteiger charge is 2.17. The van der Waals surface area contributed by atoms with E-state index in [9.17, 15) is 4.79 Å². The molecule has 0 bridgehead atoms. The number of anilines is 1. The van der Waals surface area contributed by atoms with Crippen LogP contribution >= 0.6 is 12.4 Å². The van der Waals surface area contributed by atoms with Gasteiger partial charge < -0.3 is 15.0 Å². The number of ketones is 1. The van der Waals surface area contributed by atoms with Crippen LogP contribution in [0.25, 0.3) is 0 Å². The third-order valence-electron chi connectivity index (χ3n) is 4.33. The van der Waals surface area contributed by atoms with E-state index < -0.39 is 0 Å². The molecular formula is C20H25ClN2O2. The van der Waals surface area contributed by atoms with Gasteiger partial charge in [-0.2, -0.15) is 0 Å².